The molecule has 7 heteroatoms. The van der Waals surface area contributed by atoms with E-state index in [0.29, 0.717) is 5.88 Å². The highest BCUT2D eigenvalue weighted by Gasteiger charge is 2.17. The van der Waals surface area contributed by atoms with Gasteiger partial charge in [0.1, 0.15) is 11.3 Å². The van der Waals surface area contributed by atoms with Gasteiger partial charge in [-0.2, -0.15) is 0 Å². The van der Waals surface area contributed by atoms with Crippen molar-refractivity contribution in [2.75, 3.05) is 0 Å². The number of alkyl halides is 1. The van der Waals surface area contributed by atoms with Crippen LogP contribution < -0.4 is 0 Å². The van der Waals surface area contributed by atoms with E-state index in [1.807, 2.05) is 28.8 Å². The molecular weight excluding hydrogens is 473 g/mol. The molecule has 0 aliphatic carbocycles. The summed E-state index contributed by atoms with van der Waals surface area (Å²) in [6, 6.07) is 7.84. The Bertz CT molecular complexity index is 781. The van der Waals surface area contributed by atoms with Crippen molar-refractivity contribution in [3.05, 3.63) is 49.7 Å². The van der Waals surface area contributed by atoms with Crippen LogP contribution in [0.2, 0.25) is 0 Å². The second kappa shape index (κ2) is 5.75. The number of pyridine rings is 1. The minimum atomic E-state index is 0.307. The standard InChI is InChI=1S/C13H7Br3ClN3/c14-7-4-10-13(18-6-7)20(11(5-17)19-10)12-8(15)2-1-3-9(12)16/h1-4,6H,5H2. The van der Waals surface area contributed by atoms with Crippen molar-refractivity contribution >= 4 is 70.6 Å². The summed E-state index contributed by atoms with van der Waals surface area (Å²) in [6.07, 6.45) is 1.75. The summed E-state index contributed by atoms with van der Waals surface area (Å²) in [7, 11) is 0. The van der Waals surface area contributed by atoms with Gasteiger partial charge in [-0.05, 0) is 66.0 Å². The number of aromatic nitrogens is 3. The third kappa shape index (κ3) is 2.43. The van der Waals surface area contributed by atoms with Crippen LogP contribution in [0.1, 0.15) is 5.82 Å². The number of hydrogen-bond acceptors (Lipinski definition) is 2. The van der Waals surface area contributed by atoms with Gasteiger partial charge in [0, 0.05) is 19.6 Å². The zero-order chi connectivity index (χ0) is 14.3. The number of rotatable bonds is 2. The van der Waals surface area contributed by atoms with E-state index in [-0.39, 0.29) is 0 Å². The lowest BCUT2D eigenvalue weighted by molar-refractivity contribution is 0.960. The van der Waals surface area contributed by atoms with Crippen LogP contribution in [0, 0.1) is 0 Å². The minimum absolute atomic E-state index is 0.307. The molecule has 102 valence electrons. The molecule has 0 atom stereocenters. The van der Waals surface area contributed by atoms with Crippen LogP contribution in [0.25, 0.3) is 16.9 Å². The van der Waals surface area contributed by atoms with E-state index in [1.54, 1.807) is 6.20 Å². The molecule has 2 heterocycles. The fourth-order valence-corrected chi connectivity index (χ4v) is 3.87. The summed E-state index contributed by atoms with van der Waals surface area (Å²) in [6.45, 7) is 0. The Morgan fingerprint density at radius 1 is 1.15 bits per heavy atom. The molecule has 0 aliphatic rings. The summed E-state index contributed by atoms with van der Waals surface area (Å²) in [4.78, 5) is 9.01. The van der Waals surface area contributed by atoms with Crippen molar-refractivity contribution in [2.45, 2.75) is 5.88 Å². The Morgan fingerprint density at radius 2 is 1.85 bits per heavy atom. The molecule has 0 bridgehead atoms. The van der Waals surface area contributed by atoms with Gasteiger partial charge in [-0.1, -0.05) is 6.07 Å². The number of nitrogens with zero attached hydrogens (tertiary/aromatic N) is 3. The van der Waals surface area contributed by atoms with Crippen LogP contribution in [0.15, 0.2) is 43.9 Å². The maximum atomic E-state index is 6.04. The molecule has 0 spiro atoms. The molecule has 3 aromatic rings. The first-order chi connectivity index (χ1) is 9.61. The molecular formula is C13H7Br3ClN3. The predicted octanol–water partition coefficient (Wildman–Crippen LogP) is 5.45. The van der Waals surface area contributed by atoms with Crippen molar-refractivity contribution in [2.24, 2.45) is 0 Å². The van der Waals surface area contributed by atoms with Crippen LogP contribution in [0.5, 0.6) is 0 Å². The van der Waals surface area contributed by atoms with Gasteiger partial charge < -0.3 is 0 Å². The zero-order valence-electron chi connectivity index (χ0n) is 9.95. The second-order valence-electron chi connectivity index (χ2n) is 4.06. The topological polar surface area (TPSA) is 30.7 Å². The minimum Gasteiger partial charge on any atom is -0.277 e. The highest BCUT2D eigenvalue weighted by molar-refractivity contribution is 9.11. The van der Waals surface area contributed by atoms with Crippen LogP contribution in [0.3, 0.4) is 0 Å². The van der Waals surface area contributed by atoms with Crippen LogP contribution in [0.4, 0.5) is 0 Å². The summed E-state index contributed by atoms with van der Waals surface area (Å²) in [5, 5.41) is 0. The molecule has 0 unspecified atom stereocenters. The molecule has 3 nitrogen and oxygen atoms in total. The van der Waals surface area contributed by atoms with E-state index in [1.165, 1.54) is 0 Å². The number of benzene rings is 1. The summed E-state index contributed by atoms with van der Waals surface area (Å²) < 4.78 is 4.75. The zero-order valence-corrected chi connectivity index (χ0v) is 15.5. The molecule has 0 amide bonds. The maximum Gasteiger partial charge on any atom is 0.164 e. The van der Waals surface area contributed by atoms with E-state index in [9.17, 15) is 0 Å². The number of para-hydroxylation sites is 1. The SMILES string of the molecule is ClCc1nc2cc(Br)cnc2n1-c1c(Br)cccc1Br. The van der Waals surface area contributed by atoms with Crippen molar-refractivity contribution in [3.8, 4) is 5.69 Å². The highest BCUT2D eigenvalue weighted by Crippen LogP contribution is 2.33. The molecule has 0 fully saturated rings. The lowest BCUT2D eigenvalue weighted by atomic mass is 10.3. The van der Waals surface area contributed by atoms with E-state index < -0.39 is 0 Å². The summed E-state index contributed by atoms with van der Waals surface area (Å²) in [5.41, 5.74) is 2.52. The van der Waals surface area contributed by atoms with E-state index in [4.69, 9.17) is 11.6 Å². The van der Waals surface area contributed by atoms with Crippen molar-refractivity contribution in [1.29, 1.82) is 0 Å². The molecule has 0 radical (unpaired) electrons. The van der Waals surface area contributed by atoms with E-state index in [2.05, 4.69) is 57.8 Å². The van der Waals surface area contributed by atoms with Crippen molar-refractivity contribution in [3.63, 3.8) is 0 Å². The van der Waals surface area contributed by atoms with Gasteiger partial charge in [-0.3, -0.25) is 4.57 Å². The second-order valence-corrected chi connectivity index (χ2v) is 6.96. The fourth-order valence-electron chi connectivity index (χ4n) is 2.01. The first kappa shape index (κ1) is 14.5. The third-order valence-electron chi connectivity index (χ3n) is 2.81. The van der Waals surface area contributed by atoms with E-state index in [0.717, 1.165) is 36.1 Å². The Morgan fingerprint density at radius 3 is 2.50 bits per heavy atom. The Kier molecular flexibility index (Phi) is 4.17. The number of hydrogen-bond donors (Lipinski definition) is 0. The van der Waals surface area contributed by atoms with Crippen molar-refractivity contribution < 1.29 is 0 Å². The largest absolute Gasteiger partial charge is 0.277 e. The normalized spacial score (nSPS) is 11.2. The predicted molar refractivity (Wildman–Crippen MR) is 91.5 cm³/mol. The number of imidazole rings is 1. The fraction of sp³-hybridized carbons (Fsp3) is 0.0769. The molecule has 0 N–H and O–H groups in total. The van der Waals surface area contributed by atoms with Gasteiger partial charge in [0.15, 0.2) is 5.65 Å². The first-order valence-corrected chi connectivity index (χ1v) is 8.56. The average Bonchev–Trinajstić information content (AvgIpc) is 2.76. The molecule has 0 saturated heterocycles. The summed E-state index contributed by atoms with van der Waals surface area (Å²) in [5.74, 6) is 1.06. The molecule has 1 aromatic carbocycles. The molecule has 0 saturated carbocycles. The molecule has 20 heavy (non-hydrogen) atoms. The smallest absolute Gasteiger partial charge is 0.164 e. The Hall–Kier alpha value is -0.430. The van der Waals surface area contributed by atoms with Gasteiger partial charge >= 0.3 is 0 Å². The van der Waals surface area contributed by atoms with Crippen LogP contribution in [-0.2, 0) is 5.88 Å². The van der Waals surface area contributed by atoms with Gasteiger partial charge in [-0.15, -0.1) is 11.6 Å². The first-order valence-electron chi connectivity index (χ1n) is 5.65. The maximum absolute atomic E-state index is 6.04. The lowest BCUT2D eigenvalue weighted by Gasteiger charge is -2.11. The third-order valence-corrected chi connectivity index (χ3v) is 4.77. The highest BCUT2D eigenvalue weighted by atomic mass is 79.9. The van der Waals surface area contributed by atoms with Gasteiger partial charge in [-0.25, -0.2) is 9.97 Å². The molecule has 3 rings (SSSR count). The summed E-state index contributed by atoms with van der Waals surface area (Å²) >= 11 is 16.6. The molecule has 0 aliphatic heterocycles. The van der Waals surface area contributed by atoms with E-state index >= 15 is 0 Å². The molecule has 2 aromatic heterocycles. The average molecular weight is 480 g/mol. The number of halogens is 4. The Labute approximate surface area is 145 Å². The monoisotopic (exact) mass is 477 g/mol. The lowest BCUT2D eigenvalue weighted by Crippen LogP contribution is -2.02. The van der Waals surface area contributed by atoms with Gasteiger partial charge in [0.2, 0.25) is 0 Å². The van der Waals surface area contributed by atoms with Crippen LogP contribution >= 0.6 is 59.4 Å². The quantitative estimate of drug-likeness (QED) is 0.457. The number of fused-ring (bicyclic) bond motifs is 1. The van der Waals surface area contributed by atoms with Crippen molar-refractivity contribution in [1.82, 2.24) is 14.5 Å². The van der Waals surface area contributed by atoms with Crippen LogP contribution in [-0.4, -0.2) is 14.5 Å². The Balaban J connectivity index is 2.40. The van der Waals surface area contributed by atoms with Gasteiger partial charge in [0.05, 0.1) is 11.6 Å². The van der Waals surface area contributed by atoms with Gasteiger partial charge in [0.25, 0.3) is 0 Å².